The smallest absolute Gasteiger partial charge is 0.137 e. The molecule has 0 aliphatic carbocycles. The minimum Gasteiger partial charge on any atom is -0.491 e. The summed E-state index contributed by atoms with van der Waals surface area (Å²) in [5.74, 6) is 0.795. The van der Waals surface area contributed by atoms with Gasteiger partial charge < -0.3 is 10.1 Å². The van der Waals surface area contributed by atoms with Crippen LogP contribution in [0.4, 0.5) is 0 Å². The zero-order chi connectivity index (χ0) is 13.8. The molecule has 0 aromatic heterocycles. The van der Waals surface area contributed by atoms with Gasteiger partial charge in [-0.25, -0.2) is 0 Å². The number of ether oxygens (including phenoxy) is 1. The van der Waals surface area contributed by atoms with E-state index in [1.54, 1.807) is 0 Å². The molecule has 2 unspecified atom stereocenters. The van der Waals surface area contributed by atoms with Crippen LogP contribution in [0.2, 0.25) is 5.02 Å². The van der Waals surface area contributed by atoms with Crippen LogP contribution in [0.1, 0.15) is 25.7 Å². The van der Waals surface area contributed by atoms with Crippen molar-refractivity contribution in [1.29, 1.82) is 0 Å². The van der Waals surface area contributed by atoms with Crippen LogP contribution >= 0.6 is 11.6 Å². The molecule has 2 aliphatic heterocycles. The molecule has 2 aliphatic rings. The second kappa shape index (κ2) is 6.79. The first-order valence-electron chi connectivity index (χ1n) is 7.69. The number of likely N-dealkylation sites (tertiary alicyclic amines) is 1. The second-order valence-electron chi connectivity index (χ2n) is 5.73. The fraction of sp³-hybridized carbons (Fsp3) is 0.625. The first-order chi connectivity index (χ1) is 9.84. The van der Waals surface area contributed by atoms with Gasteiger partial charge in [-0.05, 0) is 50.9 Å². The van der Waals surface area contributed by atoms with E-state index < -0.39 is 0 Å². The lowest BCUT2D eigenvalue weighted by molar-refractivity contribution is 0.174. The monoisotopic (exact) mass is 294 g/mol. The summed E-state index contributed by atoms with van der Waals surface area (Å²) in [6.07, 6.45) is 5.29. The zero-order valence-electron chi connectivity index (χ0n) is 11.9. The quantitative estimate of drug-likeness (QED) is 0.904. The maximum atomic E-state index is 6.10. The van der Waals surface area contributed by atoms with E-state index in [0.29, 0.717) is 23.7 Å². The van der Waals surface area contributed by atoms with Gasteiger partial charge in [0.1, 0.15) is 12.4 Å². The van der Waals surface area contributed by atoms with Crippen molar-refractivity contribution in [2.24, 2.45) is 0 Å². The minimum absolute atomic E-state index is 0.692. The van der Waals surface area contributed by atoms with Gasteiger partial charge in [0.05, 0.1) is 5.02 Å². The number of hydrogen-bond donors (Lipinski definition) is 1. The van der Waals surface area contributed by atoms with E-state index in [0.717, 1.165) is 12.3 Å². The molecule has 0 radical (unpaired) electrons. The van der Waals surface area contributed by atoms with Gasteiger partial charge in [0.25, 0.3) is 0 Å². The summed E-state index contributed by atoms with van der Waals surface area (Å²) < 4.78 is 5.82. The normalized spacial score (nSPS) is 27.1. The predicted octanol–water partition coefficient (Wildman–Crippen LogP) is 2.94. The molecule has 0 amide bonds. The molecule has 3 rings (SSSR count). The molecule has 4 heteroatoms. The average molecular weight is 295 g/mol. The van der Waals surface area contributed by atoms with Crippen LogP contribution in [0.25, 0.3) is 0 Å². The Hall–Kier alpha value is -0.770. The summed E-state index contributed by atoms with van der Waals surface area (Å²) in [5.41, 5.74) is 0. The maximum Gasteiger partial charge on any atom is 0.137 e. The topological polar surface area (TPSA) is 24.5 Å². The highest BCUT2D eigenvalue weighted by Crippen LogP contribution is 2.26. The molecular weight excluding hydrogens is 272 g/mol. The molecule has 2 atom stereocenters. The lowest BCUT2D eigenvalue weighted by Gasteiger charge is -2.29. The second-order valence-corrected chi connectivity index (χ2v) is 6.13. The first-order valence-corrected chi connectivity index (χ1v) is 8.07. The van der Waals surface area contributed by atoms with Gasteiger partial charge in [-0.1, -0.05) is 23.7 Å². The van der Waals surface area contributed by atoms with Gasteiger partial charge in [0.2, 0.25) is 0 Å². The van der Waals surface area contributed by atoms with Crippen LogP contribution in [0, 0.1) is 0 Å². The number of hydrogen-bond acceptors (Lipinski definition) is 3. The fourth-order valence-corrected chi connectivity index (χ4v) is 3.65. The Morgan fingerprint density at radius 1 is 1.25 bits per heavy atom. The van der Waals surface area contributed by atoms with Crippen molar-refractivity contribution in [3.05, 3.63) is 29.3 Å². The van der Waals surface area contributed by atoms with E-state index in [2.05, 4.69) is 10.2 Å². The van der Waals surface area contributed by atoms with Crippen molar-refractivity contribution in [2.75, 3.05) is 26.2 Å². The number of nitrogens with one attached hydrogen (secondary N) is 1. The SMILES string of the molecule is Clc1ccccc1OCCN1CCCC1C1CCCN1. The van der Waals surface area contributed by atoms with E-state index in [4.69, 9.17) is 16.3 Å². The van der Waals surface area contributed by atoms with Crippen LogP contribution < -0.4 is 10.1 Å². The van der Waals surface area contributed by atoms with E-state index >= 15 is 0 Å². The Kier molecular flexibility index (Phi) is 4.81. The zero-order valence-corrected chi connectivity index (χ0v) is 12.6. The Labute approximate surface area is 126 Å². The van der Waals surface area contributed by atoms with Crippen molar-refractivity contribution >= 4 is 11.6 Å². The molecule has 2 heterocycles. The fourth-order valence-electron chi connectivity index (χ4n) is 3.46. The Morgan fingerprint density at radius 2 is 2.15 bits per heavy atom. The summed E-state index contributed by atoms with van der Waals surface area (Å²) in [5, 5.41) is 4.34. The highest BCUT2D eigenvalue weighted by Gasteiger charge is 2.32. The lowest BCUT2D eigenvalue weighted by Crippen LogP contribution is -2.45. The maximum absolute atomic E-state index is 6.10. The summed E-state index contributed by atoms with van der Waals surface area (Å²) >= 11 is 6.10. The van der Waals surface area contributed by atoms with E-state index in [1.807, 2.05) is 24.3 Å². The predicted molar refractivity (Wildman–Crippen MR) is 82.6 cm³/mol. The molecule has 0 saturated carbocycles. The van der Waals surface area contributed by atoms with Gasteiger partial charge in [-0.3, -0.25) is 4.90 Å². The van der Waals surface area contributed by atoms with Crippen molar-refractivity contribution in [3.8, 4) is 5.75 Å². The Balaban J connectivity index is 1.49. The molecule has 0 spiro atoms. The highest BCUT2D eigenvalue weighted by atomic mass is 35.5. The number of nitrogens with zero attached hydrogens (tertiary/aromatic N) is 1. The largest absolute Gasteiger partial charge is 0.491 e. The summed E-state index contributed by atoms with van der Waals surface area (Å²) in [6, 6.07) is 9.09. The van der Waals surface area contributed by atoms with Crippen LogP contribution in [0.3, 0.4) is 0 Å². The van der Waals surface area contributed by atoms with Crippen LogP contribution in [-0.4, -0.2) is 43.2 Å². The molecule has 110 valence electrons. The van der Waals surface area contributed by atoms with Crippen LogP contribution in [0.5, 0.6) is 5.75 Å². The molecule has 0 bridgehead atoms. The standard InChI is InChI=1S/C16H23ClN2O/c17-13-5-1-2-8-16(13)20-12-11-19-10-4-7-15(19)14-6-3-9-18-14/h1-2,5,8,14-15,18H,3-4,6-7,9-12H2. The lowest BCUT2D eigenvalue weighted by atomic mass is 10.0. The summed E-state index contributed by atoms with van der Waals surface area (Å²) in [6.45, 7) is 4.10. The van der Waals surface area contributed by atoms with Gasteiger partial charge in [0.15, 0.2) is 0 Å². The van der Waals surface area contributed by atoms with Crippen molar-refractivity contribution in [3.63, 3.8) is 0 Å². The average Bonchev–Trinajstić information content (AvgIpc) is 3.11. The molecule has 1 N–H and O–H groups in total. The van der Waals surface area contributed by atoms with Crippen molar-refractivity contribution in [2.45, 2.75) is 37.8 Å². The van der Waals surface area contributed by atoms with Gasteiger partial charge in [0, 0.05) is 18.6 Å². The minimum atomic E-state index is 0.692. The number of para-hydroxylation sites is 1. The van der Waals surface area contributed by atoms with E-state index in [1.165, 1.54) is 38.8 Å². The highest BCUT2D eigenvalue weighted by molar-refractivity contribution is 6.32. The molecular formula is C16H23ClN2O. The summed E-state index contributed by atoms with van der Waals surface area (Å²) in [4.78, 5) is 2.58. The van der Waals surface area contributed by atoms with Crippen molar-refractivity contribution < 1.29 is 4.74 Å². The van der Waals surface area contributed by atoms with Crippen LogP contribution in [0.15, 0.2) is 24.3 Å². The van der Waals surface area contributed by atoms with Gasteiger partial charge in [-0.15, -0.1) is 0 Å². The Bertz CT molecular complexity index is 434. The molecule has 20 heavy (non-hydrogen) atoms. The number of benzene rings is 1. The molecule has 2 fully saturated rings. The van der Waals surface area contributed by atoms with Gasteiger partial charge >= 0.3 is 0 Å². The van der Waals surface area contributed by atoms with E-state index in [9.17, 15) is 0 Å². The molecule has 1 aromatic carbocycles. The van der Waals surface area contributed by atoms with Crippen LogP contribution in [-0.2, 0) is 0 Å². The molecule has 3 nitrogen and oxygen atoms in total. The Morgan fingerprint density at radius 3 is 2.95 bits per heavy atom. The summed E-state index contributed by atoms with van der Waals surface area (Å²) in [7, 11) is 0. The van der Waals surface area contributed by atoms with E-state index in [-0.39, 0.29) is 0 Å². The third-order valence-electron chi connectivity index (χ3n) is 4.45. The third-order valence-corrected chi connectivity index (χ3v) is 4.76. The molecule has 2 saturated heterocycles. The number of halogens is 1. The van der Waals surface area contributed by atoms with Gasteiger partial charge in [-0.2, -0.15) is 0 Å². The third kappa shape index (κ3) is 3.27. The number of rotatable bonds is 5. The first kappa shape index (κ1) is 14.2. The van der Waals surface area contributed by atoms with Crippen molar-refractivity contribution in [1.82, 2.24) is 10.2 Å². The molecule has 1 aromatic rings.